The molecular weight excluding hydrogens is 404 g/mol. The number of hydrogen-bond acceptors (Lipinski definition) is 5. The maximum atomic E-state index is 13.3. The van der Waals surface area contributed by atoms with Crippen molar-refractivity contribution in [2.24, 2.45) is 4.99 Å². The number of aliphatic imine (C=N–C) groups is 1. The number of nitrogens with zero attached hydrogens (tertiary/aromatic N) is 2. The summed E-state index contributed by atoms with van der Waals surface area (Å²) >= 11 is 0. The molecule has 0 atom stereocenters. The number of fused-ring (bicyclic) bond motifs is 2. The van der Waals surface area contributed by atoms with Crippen molar-refractivity contribution >= 4 is 33.9 Å². The Bertz CT molecular complexity index is 1290. The van der Waals surface area contributed by atoms with Crippen molar-refractivity contribution in [1.82, 2.24) is 4.73 Å². The minimum absolute atomic E-state index is 0.00719. The Morgan fingerprint density at radius 1 is 1.03 bits per heavy atom. The van der Waals surface area contributed by atoms with Gasteiger partial charge in [-0.25, -0.2) is 0 Å². The van der Waals surface area contributed by atoms with Crippen LogP contribution in [-0.4, -0.2) is 28.6 Å². The molecule has 4 rings (SSSR count). The van der Waals surface area contributed by atoms with Crippen LogP contribution in [0, 0.1) is 6.92 Å². The summed E-state index contributed by atoms with van der Waals surface area (Å²) in [5.41, 5.74) is 3.80. The van der Waals surface area contributed by atoms with Gasteiger partial charge in [-0.3, -0.25) is 14.6 Å². The molecular formula is C26H26N2O4. The fourth-order valence-electron chi connectivity index (χ4n) is 4.13. The van der Waals surface area contributed by atoms with Gasteiger partial charge in [0.25, 0.3) is 5.56 Å². The van der Waals surface area contributed by atoms with Crippen LogP contribution in [0.5, 0.6) is 0 Å². The molecule has 0 saturated heterocycles. The van der Waals surface area contributed by atoms with E-state index in [1.165, 1.54) is 17.2 Å². The van der Waals surface area contributed by atoms with E-state index in [0.29, 0.717) is 11.1 Å². The van der Waals surface area contributed by atoms with Crippen LogP contribution in [0.25, 0.3) is 10.9 Å². The Kier molecular flexibility index (Phi) is 6.30. The van der Waals surface area contributed by atoms with Gasteiger partial charge in [-0.2, -0.15) is 0 Å². The maximum Gasteiger partial charge on any atom is 0.294 e. The third-order valence-electron chi connectivity index (χ3n) is 5.83. The molecule has 0 spiro atoms. The first-order chi connectivity index (χ1) is 15.5. The number of hydrogen-bond donors (Lipinski definition) is 0. The number of para-hydroxylation sites is 2. The molecule has 0 aliphatic carbocycles. The quantitative estimate of drug-likeness (QED) is 0.521. The normalized spacial score (nSPS) is 13.2. The fourth-order valence-corrected chi connectivity index (χ4v) is 4.13. The molecule has 0 saturated carbocycles. The van der Waals surface area contributed by atoms with E-state index < -0.39 is 5.56 Å². The van der Waals surface area contributed by atoms with Gasteiger partial charge in [0.15, 0.2) is 12.4 Å². The number of carbonyl (C=O) groups excluding carboxylic acids is 2. The second-order valence-corrected chi connectivity index (χ2v) is 8.18. The molecule has 2 aromatic carbocycles. The first-order valence-electron chi connectivity index (χ1n) is 10.9. The van der Waals surface area contributed by atoms with E-state index in [4.69, 9.17) is 9.83 Å². The van der Waals surface area contributed by atoms with Crippen LogP contribution in [-0.2, 0) is 11.2 Å². The van der Waals surface area contributed by atoms with E-state index in [0.717, 1.165) is 36.0 Å². The van der Waals surface area contributed by atoms with Gasteiger partial charge < -0.3 is 9.63 Å². The van der Waals surface area contributed by atoms with Crippen LogP contribution in [0.1, 0.15) is 54.1 Å². The van der Waals surface area contributed by atoms with Crippen LogP contribution in [0.15, 0.2) is 58.3 Å². The highest BCUT2D eigenvalue weighted by Crippen LogP contribution is 2.25. The van der Waals surface area contributed by atoms with Gasteiger partial charge in [0, 0.05) is 18.2 Å². The lowest BCUT2D eigenvalue weighted by Crippen LogP contribution is -2.34. The molecule has 2 heterocycles. The Morgan fingerprint density at radius 3 is 2.59 bits per heavy atom. The van der Waals surface area contributed by atoms with Crippen molar-refractivity contribution in [2.75, 3.05) is 6.61 Å². The van der Waals surface area contributed by atoms with Gasteiger partial charge in [0.05, 0.1) is 22.5 Å². The summed E-state index contributed by atoms with van der Waals surface area (Å²) in [5, 5.41) is 0.770. The third-order valence-corrected chi connectivity index (χ3v) is 5.83. The summed E-state index contributed by atoms with van der Waals surface area (Å²) in [4.78, 5) is 48.2. The Balaban J connectivity index is 1.71. The monoisotopic (exact) mass is 430 g/mol. The average molecular weight is 431 g/mol. The third kappa shape index (κ3) is 4.40. The van der Waals surface area contributed by atoms with E-state index in [1.807, 2.05) is 36.4 Å². The van der Waals surface area contributed by atoms with E-state index in [1.54, 1.807) is 13.0 Å². The van der Waals surface area contributed by atoms with Crippen molar-refractivity contribution in [1.29, 1.82) is 0 Å². The molecule has 32 heavy (non-hydrogen) atoms. The highest BCUT2D eigenvalue weighted by Gasteiger charge is 2.21. The first-order valence-corrected chi connectivity index (χ1v) is 10.9. The van der Waals surface area contributed by atoms with Crippen LogP contribution >= 0.6 is 0 Å². The second kappa shape index (κ2) is 9.30. The Hall–Kier alpha value is -3.54. The minimum atomic E-state index is -0.496. The fraction of sp³-hybridized carbons (Fsp3) is 0.308. The van der Waals surface area contributed by atoms with Gasteiger partial charge in [0.1, 0.15) is 5.78 Å². The topological polar surface area (TPSA) is 77.7 Å². The molecule has 6 heteroatoms. The van der Waals surface area contributed by atoms with Gasteiger partial charge in [-0.15, -0.1) is 4.73 Å². The predicted octanol–water partition coefficient (Wildman–Crippen LogP) is 4.40. The average Bonchev–Trinajstić information content (AvgIpc) is 2.99. The number of pyridine rings is 1. The number of aryl methyl sites for hydroxylation is 2. The summed E-state index contributed by atoms with van der Waals surface area (Å²) < 4.78 is 1.21. The molecule has 3 aromatic rings. The standard InChI is InChI=1S/C26H26N2O4/c1-17(29)14-15-24(30)25-18(2)21-11-4-6-13-23(21)28(26(25)31)32-16-20-10-7-9-19-8-3-5-12-22(19)27-20/h3-6,8,11-13H,7,9-10,14-16H2,1-2H3. The van der Waals surface area contributed by atoms with Crippen molar-refractivity contribution in [3.63, 3.8) is 0 Å². The molecule has 0 radical (unpaired) electrons. The Morgan fingerprint density at radius 2 is 1.78 bits per heavy atom. The lowest BCUT2D eigenvalue weighted by molar-refractivity contribution is -0.116. The summed E-state index contributed by atoms with van der Waals surface area (Å²) in [6.45, 7) is 3.36. The number of rotatable bonds is 7. The van der Waals surface area contributed by atoms with E-state index >= 15 is 0 Å². The van der Waals surface area contributed by atoms with E-state index in [-0.39, 0.29) is 36.6 Å². The number of benzene rings is 2. The first kappa shape index (κ1) is 21.7. The van der Waals surface area contributed by atoms with Crippen molar-refractivity contribution in [3.05, 3.63) is 75.6 Å². The van der Waals surface area contributed by atoms with Crippen molar-refractivity contribution < 1.29 is 14.4 Å². The molecule has 1 aromatic heterocycles. The largest absolute Gasteiger partial charge is 0.404 e. The van der Waals surface area contributed by atoms with Gasteiger partial charge in [-0.05, 0) is 56.4 Å². The van der Waals surface area contributed by atoms with Gasteiger partial charge in [-0.1, -0.05) is 36.4 Å². The molecule has 0 amide bonds. The SMILES string of the molecule is CC(=O)CCC(=O)c1c(C)c2ccccc2n(OCC2=Nc3ccccc3CCC2)c1=O. The number of aromatic nitrogens is 1. The van der Waals surface area contributed by atoms with Crippen LogP contribution in [0.2, 0.25) is 0 Å². The molecule has 164 valence electrons. The molecule has 1 aliphatic heterocycles. The second-order valence-electron chi connectivity index (χ2n) is 8.18. The number of carbonyl (C=O) groups is 2. The highest BCUT2D eigenvalue weighted by molar-refractivity contribution is 6.02. The lowest BCUT2D eigenvalue weighted by Gasteiger charge is -2.16. The maximum absolute atomic E-state index is 13.3. The smallest absolute Gasteiger partial charge is 0.294 e. The molecule has 0 unspecified atom stereocenters. The summed E-state index contributed by atoms with van der Waals surface area (Å²) in [7, 11) is 0. The van der Waals surface area contributed by atoms with E-state index in [9.17, 15) is 14.4 Å². The Labute approximate surface area is 186 Å². The van der Waals surface area contributed by atoms with Crippen molar-refractivity contribution in [2.45, 2.75) is 46.0 Å². The lowest BCUT2D eigenvalue weighted by atomic mass is 9.99. The zero-order chi connectivity index (χ0) is 22.7. The van der Waals surface area contributed by atoms with Crippen LogP contribution in [0.3, 0.4) is 0 Å². The van der Waals surface area contributed by atoms with E-state index in [2.05, 4.69) is 6.07 Å². The zero-order valence-corrected chi connectivity index (χ0v) is 18.4. The molecule has 0 bridgehead atoms. The zero-order valence-electron chi connectivity index (χ0n) is 18.4. The molecule has 0 fully saturated rings. The summed E-state index contributed by atoms with van der Waals surface area (Å²) in [5.74, 6) is -0.424. The molecule has 0 N–H and O–H groups in total. The molecule has 6 nitrogen and oxygen atoms in total. The van der Waals surface area contributed by atoms with Gasteiger partial charge in [0.2, 0.25) is 0 Å². The minimum Gasteiger partial charge on any atom is -0.404 e. The summed E-state index contributed by atoms with van der Waals surface area (Å²) in [6, 6.07) is 15.4. The van der Waals surface area contributed by atoms with Crippen LogP contribution in [0.4, 0.5) is 5.69 Å². The van der Waals surface area contributed by atoms with Crippen LogP contribution < -0.4 is 10.4 Å². The number of Topliss-reactive ketones (excluding diaryl/α,β-unsaturated/α-hetero) is 2. The van der Waals surface area contributed by atoms with Gasteiger partial charge >= 0.3 is 0 Å². The highest BCUT2D eigenvalue weighted by atomic mass is 16.7. The van der Waals surface area contributed by atoms with Crippen molar-refractivity contribution in [3.8, 4) is 0 Å². The summed E-state index contributed by atoms with van der Waals surface area (Å²) in [6.07, 6.45) is 2.80. The number of ketones is 2. The molecule has 1 aliphatic rings. The predicted molar refractivity (Wildman–Crippen MR) is 125 cm³/mol.